The second-order valence-electron chi connectivity index (χ2n) is 9.59. The lowest BCUT2D eigenvalue weighted by atomic mass is 9.68. The lowest BCUT2D eigenvalue weighted by Gasteiger charge is -2.38. The topological polar surface area (TPSA) is 9.23 Å². The molecule has 2 aliphatic rings. The van der Waals surface area contributed by atoms with E-state index in [9.17, 15) is 0 Å². The summed E-state index contributed by atoms with van der Waals surface area (Å²) < 4.78 is 5.07. The predicted octanol–water partition coefficient (Wildman–Crippen LogP) is 8.73. The Labute approximate surface area is 186 Å². The van der Waals surface area contributed by atoms with Crippen molar-refractivity contribution in [3.05, 3.63) is 72.6 Å². The zero-order valence-corrected chi connectivity index (χ0v) is 19.8. The van der Waals surface area contributed by atoms with E-state index in [4.69, 9.17) is 4.74 Å². The maximum Gasteiger partial charge on any atom is 0.111 e. The van der Waals surface area contributed by atoms with E-state index < -0.39 is 0 Å². The molecule has 166 valence electrons. The Bertz CT molecular complexity index is 673. The van der Waals surface area contributed by atoms with E-state index in [-0.39, 0.29) is 0 Å². The first-order valence-electron chi connectivity index (χ1n) is 12.0. The van der Waals surface area contributed by atoms with Gasteiger partial charge in [-0.15, -0.1) is 0 Å². The van der Waals surface area contributed by atoms with Crippen molar-refractivity contribution >= 4 is 0 Å². The maximum absolute atomic E-state index is 5.07. The molecule has 0 unspecified atom stereocenters. The number of allylic oxidation sites excluding steroid dienone is 7. The SMILES string of the molecule is C=C(/C=C\C(=C)C(=C)/C(C)=C\C(=C)C1CCC(C2CCC(CCC)CC2)CC1)OC. The van der Waals surface area contributed by atoms with E-state index in [0.717, 1.165) is 34.5 Å². The van der Waals surface area contributed by atoms with Gasteiger partial charge in [0, 0.05) is 0 Å². The summed E-state index contributed by atoms with van der Waals surface area (Å²) in [6.45, 7) is 21.0. The quantitative estimate of drug-likeness (QED) is 0.259. The summed E-state index contributed by atoms with van der Waals surface area (Å²) >= 11 is 0. The maximum atomic E-state index is 5.07. The minimum absolute atomic E-state index is 0.616. The smallest absolute Gasteiger partial charge is 0.111 e. The van der Waals surface area contributed by atoms with Crippen LogP contribution < -0.4 is 0 Å². The average molecular weight is 409 g/mol. The first-order chi connectivity index (χ1) is 14.3. The fourth-order valence-electron chi connectivity index (χ4n) is 5.42. The molecule has 1 nitrogen and oxygen atoms in total. The molecule has 0 heterocycles. The van der Waals surface area contributed by atoms with Crippen LogP contribution >= 0.6 is 0 Å². The van der Waals surface area contributed by atoms with E-state index in [0.29, 0.717) is 11.7 Å². The molecular formula is C29H44O. The van der Waals surface area contributed by atoms with Crippen LogP contribution in [0.25, 0.3) is 0 Å². The Morgan fingerprint density at radius 1 is 0.867 bits per heavy atom. The molecule has 0 N–H and O–H groups in total. The normalized spacial score (nSPS) is 27.6. The molecule has 0 aromatic carbocycles. The van der Waals surface area contributed by atoms with Gasteiger partial charge in [0.25, 0.3) is 0 Å². The van der Waals surface area contributed by atoms with Crippen LogP contribution in [0, 0.1) is 23.7 Å². The van der Waals surface area contributed by atoms with Gasteiger partial charge in [-0.1, -0.05) is 76.6 Å². The third kappa shape index (κ3) is 7.18. The van der Waals surface area contributed by atoms with Gasteiger partial charge in [-0.25, -0.2) is 0 Å². The largest absolute Gasteiger partial charge is 0.497 e. The molecule has 30 heavy (non-hydrogen) atoms. The van der Waals surface area contributed by atoms with Crippen LogP contribution in [0.2, 0.25) is 0 Å². The molecule has 0 radical (unpaired) electrons. The summed E-state index contributed by atoms with van der Waals surface area (Å²) in [4.78, 5) is 0. The first kappa shape index (κ1) is 24.5. The van der Waals surface area contributed by atoms with Gasteiger partial charge in [-0.05, 0) is 91.9 Å². The minimum atomic E-state index is 0.616. The highest BCUT2D eigenvalue weighted by atomic mass is 16.5. The third-order valence-electron chi connectivity index (χ3n) is 7.55. The number of hydrogen-bond donors (Lipinski definition) is 0. The lowest BCUT2D eigenvalue weighted by Crippen LogP contribution is -2.26. The highest BCUT2D eigenvalue weighted by molar-refractivity contribution is 5.50. The summed E-state index contributed by atoms with van der Waals surface area (Å²) in [7, 11) is 1.62. The lowest BCUT2D eigenvalue weighted by molar-refractivity contribution is 0.151. The van der Waals surface area contributed by atoms with Crippen molar-refractivity contribution in [2.24, 2.45) is 23.7 Å². The van der Waals surface area contributed by atoms with E-state index in [1.54, 1.807) is 7.11 Å². The van der Waals surface area contributed by atoms with Crippen LogP contribution in [0.5, 0.6) is 0 Å². The van der Waals surface area contributed by atoms with Gasteiger partial charge in [0.15, 0.2) is 0 Å². The summed E-state index contributed by atoms with van der Waals surface area (Å²) in [6.07, 6.45) is 20.0. The predicted molar refractivity (Wildman–Crippen MR) is 132 cm³/mol. The van der Waals surface area contributed by atoms with Gasteiger partial charge in [0.2, 0.25) is 0 Å². The van der Waals surface area contributed by atoms with Crippen molar-refractivity contribution in [3.8, 4) is 0 Å². The second-order valence-corrected chi connectivity index (χ2v) is 9.59. The van der Waals surface area contributed by atoms with E-state index in [2.05, 4.69) is 46.2 Å². The highest BCUT2D eigenvalue weighted by Gasteiger charge is 2.31. The van der Waals surface area contributed by atoms with Gasteiger partial charge in [0.1, 0.15) is 5.76 Å². The van der Waals surface area contributed by atoms with Crippen LogP contribution in [0.4, 0.5) is 0 Å². The number of rotatable bonds is 10. The summed E-state index contributed by atoms with van der Waals surface area (Å²) in [5, 5.41) is 0. The van der Waals surface area contributed by atoms with Crippen LogP contribution in [-0.2, 0) is 4.74 Å². The van der Waals surface area contributed by atoms with Gasteiger partial charge >= 0.3 is 0 Å². The molecule has 0 aromatic heterocycles. The molecule has 2 aliphatic carbocycles. The molecule has 0 saturated heterocycles. The first-order valence-corrected chi connectivity index (χ1v) is 12.0. The van der Waals surface area contributed by atoms with Crippen LogP contribution in [0.3, 0.4) is 0 Å². The number of ether oxygens (including phenoxy) is 1. The number of hydrogen-bond acceptors (Lipinski definition) is 1. The fraction of sp³-hybridized carbons (Fsp3) is 0.586. The minimum Gasteiger partial charge on any atom is -0.497 e. The van der Waals surface area contributed by atoms with E-state index in [1.165, 1.54) is 69.8 Å². The summed E-state index contributed by atoms with van der Waals surface area (Å²) in [5.41, 5.74) is 4.25. The van der Waals surface area contributed by atoms with Crippen molar-refractivity contribution in [1.82, 2.24) is 0 Å². The Hall–Kier alpha value is -1.76. The van der Waals surface area contributed by atoms with E-state index in [1.807, 2.05) is 12.2 Å². The van der Waals surface area contributed by atoms with Crippen molar-refractivity contribution in [2.75, 3.05) is 7.11 Å². The summed E-state index contributed by atoms with van der Waals surface area (Å²) in [6, 6.07) is 0. The van der Waals surface area contributed by atoms with Crippen LogP contribution in [0.1, 0.15) is 78.1 Å². The van der Waals surface area contributed by atoms with Crippen molar-refractivity contribution in [3.63, 3.8) is 0 Å². The Morgan fingerprint density at radius 2 is 1.43 bits per heavy atom. The molecule has 2 saturated carbocycles. The fourth-order valence-corrected chi connectivity index (χ4v) is 5.42. The zero-order chi connectivity index (χ0) is 22.1. The van der Waals surface area contributed by atoms with Gasteiger partial charge in [-0.3, -0.25) is 0 Å². The zero-order valence-electron chi connectivity index (χ0n) is 19.8. The van der Waals surface area contributed by atoms with Crippen molar-refractivity contribution in [1.29, 1.82) is 0 Å². The van der Waals surface area contributed by atoms with Crippen molar-refractivity contribution in [2.45, 2.75) is 78.1 Å². The van der Waals surface area contributed by atoms with Gasteiger partial charge in [-0.2, -0.15) is 0 Å². The van der Waals surface area contributed by atoms with Gasteiger partial charge < -0.3 is 4.74 Å². The molecule has 0 bridgehead atoms. The standard InChI is InChI=1S/C29H44O/c1-8-9-26-12-14-28(15-13-26)29-18-16-27(17-19-29)23(4)20-22(3)25(6)21(2)10-11-24(5)30-7/h10-11,20,26-29H,2,4-6,8-9,12-19H2,1,3,7H3/b11-10-,22-20-. The molecule has 0 amide bonds. The average Bonchev–Trinajstić information content (AvgIpc) is 2.77. The Kier molecular flexibility index (Phi) is 9.95. The molecule has 0 atom stereocenters. The molecular weight excluding hydrogens is 364 g/mol. The Morgan fingerprint density at radius 3 is 1.97 bits per heavy atom. The van der Waals surface area contributed by atoms with Crippen LogP contribution in [0.15, 0.2) is 72.6 Å². The third-order valence-corrected chi connectivity index (χ3v) is 7.55. The van der Waals surface area contributed by atoms with Crippen molar-refractivity contribution < 1.29 is 4.74 Å². The molecule has 2 rings (SSSR count). The second kappa shape index (κ2) is 12.2. The van der Waals surface area contributed by atoms with E-state index >= 15 is 0 Å². The number of methoxy groups -OCH3 is 1. The highest BCUT2D eigenvalue weighted by Crippen LogP contribution is 2.43. The van der Waals surface area contributed by atoms with Crippen LogP contribution in [-0.4, -0.2) is 7.11 Å². The Balaban J connectivity index is 1.82. The molecule has 0 aliphatic heterocycles. The molecule has 0 spiro atoms. The molecule has 1 heteroatoms. The van der Waals surface area contributed by atoms with Gasteiger partial charge in [0.05, 0.1) is 7.11 Å². The molecule has 0 aromatic rings. The molecule has 2 fully saturated rings. The monoisotopic (exact) mass is 408 g/mol. The summed E-state index contributed by atoms with van der Waals surface area (Å²) in [5.74, 6) is 4.20.